The van der Waals surface area contributed by atoms with Gasteiger partial charge in [-0.25, -0.2) is 0 Å². The minimum Gasteiger partial charge on any atom is -0.460 e. The average Bonchev–Trinajstić information content (AvgIpc) is 2.28. The maximum absolute atomic E-state index is 11.1. The van der Waals surface area contributed by atoms with Crippen molar-refractivity contribution >= 4 is 17.7 Å². The third kappa shape index (κ3) is 4.24. The Hall–Kier alpha value is -1.00. The molecule has 88 valence electrons. The number of ether oxygens (including phenoxy) is 1. The van der Waals surface area contributed by atoms with E-state index in [0.717, 1.165) is 11.3 Å². The van der Waals surface area contributed by atoms with Crippen LogP contribution >= 0.6 is 11.8 Å². The van der Waals surface area contributed by atoms with Gasteiger partial charge in [-0.05, 0) is 30.4 Å². The van der Waals surface area contributed by atoms with Crippen molar-refractivity contribution in [1.29, 1.82) is 0 Å². The van der Waals surface area contributed by atoms with E-state index in [2.05, 4.69) is 6.92 Å². The molecule has 1 aromatic carbocycles. The predicted molar refractivity (Wildman–Crippen MR) is 66.3 cm³/mol. The number of hydrogen-bond acceptors (Lipinski definition) is 4. The first kappa shape index (κ1) is 13.1. The molecule has 1 unspecified atom stereocenters. The van der Waals surface area contributed by atoms with Gasteiger partial charge in [0.05, 0.1) is 0 Å². The molecule has 0 aliphatic heterocycles. The second-order valence-electron chi connectivity index (χ2n) is 3.47. The Bertz CT molecular complexity index is 335. The fraction of sp³-hybridized carbons (Fsp3) is 0.417. The summed E-state index contributed by atoms with van der Waals surface area (Å²) in [5, 5.41) is 0. The summed E-state index contributed by atoms with van der Waals surface area (Å²) in [4.78, 5) is 12.4. The molecule has 0 aromatic heterocycles. The Labute approximate surface area is 100 Å². The normalized spacial score (nSPS) is 12.2. The Balaban J connectivity index is 2.46. The highest BCUT2D eigenvalue weighted by Crippen LogP contribution is 2.17. The maximum atomic E-state index is 11.1. The van der Waals surface area contributed by atoms with Crippen molar-refractivity contribution in [3.8, 4) is 0 Å². The summed E-state index contributed by atoms with van der Waals surface area (Å²) in [7, 11) is 0. The predicted octanol–water partition coefficient (Wildman–Crippen LogP) is 2.19. The van der Waals surface area contributed by atoms with Crippen LogP contribution in [0.3, 0.4) is 0 Å². The van der Waals surface area contributed by atoms with Crippen LogP contribution in [-0.2, 0) is 16.1 Å². The number of rotatable bonds is 5. The molecule has 0 spiro atoms. The van der Waals surface area contributed by atoms with Crippen molar-refractivity contribution in [2.24, 2.45) is 5.73 Å². The van der Waals surface area contributed by atoms with Crippen molar-refractivity contribution in [3.63, 3.8) is 0 Å². The summed E-state index contributed by atoms with van der Waals surface area (Å²) >= 11 is 1.79. The molecule has 1 rings (SSSR count). The van der Waals surface area contributed by atoms with Gasteiger partial charge in [0.25, 0.3) is 0 Å². The average molecular weight is 239 g/mol. The third-order valence-electron chi connectivity index (χ3n) is 1.99. The summed E-state index contributed by atoms with van der Waals surface area (Å²) in [6, 6.07) is 7.43. The molecule has 0 saturated heterocycles. The molecule has 2 N–H and O–H groups in total. The van der Waals surface area contributed by atoms with E-state index in [1.165, 1.54) is 4.90 Å². The fourth-order valence-electron chi connectivity index (χ4n) is 1.13. The molecule has 0 fully saturated rings. The van der Waals surface area contributed by atoms with E-state index in [-0.39, 0.29) is 12.6 Å². The highest BCUT2D eigenvalue weighted by Gasteiger charge is 2.08. The van der Waals surface area contributed by atoms with Gasteiger partial charge in [-0.1, -0.05) is 19.1 Å². The number of carbonyl (C=O) groups is 1. The standard InChI is InChI=1S/C12H17NO2S/c1-3-16-11-6-4-10(5-7-11)8-15-12(14)9(2)13/h4-7,9H,3,8,13H2,1-2H3. The summed E-state index contributed by atoms with van der Waals surface area (Å²) in [5.74, 6) is 0.686. The van der Waals surface area contributed by atoms with E-state index in [9.17, 15) is 4.79 Å². The van der Waals surface area contributed by atoms with Crippen molar-refractivity contribution in [2.45, 2.75) is 31.4 Å². The maximum Gasteiger partial charge on any atom is 0.322 e. The van der Waals surface area contributed by atoms with Gasteiger partial charge < -0.3 is 10.5 Å². The molecular weight excluding hydrogens is 222 g/mol. The van der Waals surface area contributed by atoms with Crippen LogP contribution in [0.2, 0.25) is 0 Å². The Morgan fingerprint density at radius 2 is 2.06 bits per heavy atom. The molecular formula is C12H17NO2S. The molecule has 1 atom stereocenters. The Kier molecular flexibility index (Phi) is 5.35. The molecule has 0 saturated carbocycles. The minimum absolute atomic E-state index is 0.289. The van der Waals surface area contributed by atoms with Crippen LogP contribution in [0.1, 0.15) is 19.4 Å². The zero-order chi connectivity index (χ0) is 12.0. The smallest absolute Gasteiger partial charge is 0.322 e. The lowest BCUT2D eigenvalue weighted by Crippen LogP contribution is -2.28. The van der Waals surface area contributed by atoms with Crippen LogP contribution in [0.25, 0.3) is 0 Å². The number of nitrogens with two attached hydrogens (primary N) is 1. The van der Waals surface area contributed by atoms with Gasteiger partial charge in [0.15, 0.2) is 0 Å². The first-order chi connectivity index (χ1) is 7.63. The fourth-order valence-corrected chi connectivity index (χ4v) is 1.80. The molecule has 4 heteroatoms. The first-order valence-corrected chi connectivity index (χ1v) is 6.26. The van der Waals surface area contributed by atoms with E-state index >= 15 is 0 Å². The van der Waals surface area contributed by atoms with E-state index in [0.29, 0.717) is 0 Å². The quantitative estimate of drug-likeness (QED) is 0.632. The highest BCUT2D eigenvalue weighted by molar-refractivity contribution is 7.99. The molecule has 0 aliphatic rings. The molecule has 0 bridgehead atoms. The lowest BCUT2D eigenvalue weighted by molar-refractivity contribution is -0.146. The van der Waals surface area contributed by atoms with Crippen molar-refractivity contribution in [3.05, 3.63) is 29.8 Å². The van der Waals surface area contributed by atoms with Gasteiger partial charge in [-0.3, -0.25) is 4.79 Å². The number of benzene rings is 1. The zero-order valence-electron chi connectivity index (χ0n) is 9.60. The van der Waals surface area contributed by atoms with Crippen LogP contribution in [0, 0.1) is 0 Å². The van der Waals surface area contributed by atoms with Crippen LogP contribution in [-0.4, -0.2) is 17.8 Å². The lowest BCUT2D eigenvalue weighted by atomic mass is 10.2. The summed E-state index contributed by atoms with van der Waals surface area (Å²) in [6.45, 7) is 4.02. The van der Waals surface area contributed by atoms with Crippen LogP contribution in [0.15, 0.2) is 29.2 Å². The Morgan fingerprint density at radius 1 is 1.44 bits per heavy atom. The van der Waals surface area contributed by atoms with Gasteiger partial charge >= 0.3 is 5.97 Å². The van der Waals surface area contributed by atoms with Crippen molar-refractivity contribution in [1.82, 2.24) is 0 Å². The number of thioether (sulfide) groups is 1. The lowest BCUT2D eigenvalue weighted by Gasteiger charge is -2.07. The number of carbonyl (C=O) groups excluding carboxylic acids is 1. The molecule has 1 aromatic rings. The molecule has 0 aliphatic carbocycles. The molecule has 0 amide bonds. The first-order valence-electron chi connectivity index (χ1n) is 5.27. The SMILES string of the molecule is CCSc1ccc(COC(=O)C(C)N)cc1. The Morgan fingerprint density at radius 3 is 2.56 bits per heavy atom. The summed E-state index contributed by atoms with van der Waals surface area (Å²) < 4.78 is 5.02. The largest absolute Gasteiger partial charge is 0.460 e. The highest BCUT2D eigenvalue weighted by atomic mass is 32.2. The van der Waals surface area contributed by atoms with Crippen LogP contribution in [0.5, 0.6) is 0 Å². The third-order valence-corrected chi connectivity index (χ3v) is 2.88. The second-order valence-corrected chi connectivity index (χ2v) is 4.81. The van der Waals surface area contributed by atoms with Crippen LogP contribution < -0.4 is 5.73 Å². The van der Waals surface area contributed by atoms with E-state index in [1.807, 2.05) is 24.3 Å². The van der Waals surface area contributed by atoms with Gasteiger partial charge in [-0.15, -0.1) is 11.8 Å². The van der Waals surface area contributed by atoms with Gasteiger partial charge in [0, 0.05) is 4.90 Å². The van der Waals surface area contributed by atoms with Crippen molar-refractivity contribution in [2.75, 3.05) is 5.75 Å². The van der Waals surface area contributed by atoms with Gasteiger partial charge in [0.1, 0.15) is 12.6 Å². The molecule has 0 heterocycles. The second kappa shape index (κ2) is 6.55. The summed E-state index contributed by atoms with van der Waals surface area (Å²) in [5.41, 5.74) is 6.37. The van der Waals surface area contributed by atoms with Gasteiger partial charge in [0.2, 0.25) is 0 Å². The molecule has 16 heavy (non-hydrogen) atoms. The zero-order valence-corrected chi connectivity index (χ0v) is 10.4. The number of esters is 1. The summed E-state index contributed by atoms with van der Waals surface area (Å²) in [6.07, 6.45) is 0. The van der Waals surface area contributed by atoms with E-state index in [1.54, 1.807) is 18.7 Å². The van der Waals surface area contributed by atoms with E-state index < -0.39 is 6.04 Å². The number of hydrogen-bond donors (Lipinski definition) is 1. The molecule has 3 nitrogen and oxygen atoms in total. The minimum atomic E-state index is -0.560. The van der Waals surface area contributed by atoms with E-state index in [4.69, 9.17) is 10.5 Å². The molecule has 0 radical (unpaired) electrons. The monoisotopic (exact) mass is 239 g/mol. The van der Waals surface area contributed by atoms with Crippen molar-refractivity contribution < 1.29 is 9.53 Å². The van der Waals surface area contributed by atoms with Gasteiger partial charge in [-0.2, -0.15) is 0 Å². The van der Waals surface area contributed by atoms with Crippen LogP contribution in [0.4, 0.5) is 0 Å². The topological polar surface area (TPSA) is 52.3 Å².